The van der Waals surface area contributed by atoms with Crippen LogP contribution < -0.4 is 10.1 Å². The van der Waals surface area contributed by atoms with Gasteiger partial charge in [0.2, 0.25) is 0 Å². The molecule has 1 atom stereocenters. The zero-order chi connectivity index (χ0) is 13.8. The highest BCUT2D eigenvalue weighted by Gasteiger charge is 2.25. The summed E-state index contributed by atoms with van der Waals surface area (Å²) >= 11 is 0. The normalized spacial score (nSPS) is 12.9. The first-order valence-corrected chi connectivity index (χ1v) is 6.00. The molecule has 100 valence electrons. The monoisotopic (exact) mass is 251 g/mol. The van der Waals surface area contributed by atoms with Gasteiger partial charge in [-0.3, -0.25) is 4.79 Å². The molecule has 1 unspecified atom stereocenters. The predicted molar refractivity (Wildman–Crippen MR) is 70.6 cm³/mol. The van der Waals surface area contributed by atoms with Gasteiger partial charge < -0.3 is 15.2 Å². The highest BCUT2D eigenvalue weighted by molar-refractivity contribution is 5.78. The molecule has 0 fully saturated rings. The molecule has 0 saturated carbocycles. The lowest BCUT2D eigenvalue weighted by atomic mass is 9.99. The van der Waals surface area contributed by atoms with Crippen LogP contribution in [-0.2, 0) is 4.79 Å². The fraction of sp³-hybridized carbons (Fsp3) is 0.500. The molecule has 18 heavy (non-hydrogen) atoms. The lowest BCUT2D eigenvalue weighted by molar-refractivity contribution is -0.126. The van der Waals surface area contributed by atoms with Crippen molar-refractivity contribution < 1.29 is 14.6 Å². The molecule has 2 N–H and O–H groups in total. The molecule has 4 nitrogen and oxygen atoms in total. The van der Waals surface area contributed by atoms with Crippen LogP contribution in [0.1, 0.15) is 26.3 Å². The number of nitrogens with one attached hydrogen (secondary N) is 1. The van der Waals surface area contributed by atoms with E-state index in [1.54, 1.807) is 20.8 Å². The standard InChI is InChI=1S/C14H21NO3/c1-10-5-7-12(8-6-10)18-9-13(17)15-14(3,4)11(2)16/h5-8,11,16H,9H2,1-4H3,(H,15,17). The van der Waals surface area contributed by atoms with Crippen LogP contribution in [0.2, 0.25) is 0 Å². The number of benzene rings is 1. The summed E-state index contributed by atoms with van der Waals surface area (Å²) in [5, 5.41) is 12.2. The number of aliphatic hydroxyl groups is 1. The molecule has 1 rings (SSSR count). The maximum absolute atomic E-state index is 11.7. The van der Waals surface area contributed by atoms with Crippen LogP contribution in [0.15, 0.2) is 24.3 Å². The minimum absolute atomic E-state index is 0.0563. The van der Waals surface area contributed by atoms with Gasteiger partial charge in [0.05, 0.1) is 11.6 Å². The van der Waals surface area contributed by atoms with Crippen molar-refractivity contribution in [2.24, 2.45) is 0 Å². The summed E-state index contributed by atoms with van der Waals surface area (Å²) in [6.45, 7) is 7.10. The van der Waals surface area contributed by atoms with Crippen LogP contribution in [0.3, 0.4) is 0 Å². The van der Waals surface area contributed by atoms with E-state index in [1.807, 2.05) is 31.2 Å². The number of carbonyl (C=O) groups is 1. The maximum Gasteiger partial charge on any atom is 0.258 e. The van der Waals surface area contributed by atoms with Gasteiger partial charge in [-0.05, 0) is 39.8 Å². The van der Waals surface area contributed by atoms with E-state index in [-0.39, 0.29) is 12.5 Å². The van der Waals surface area contributed by atoms with Gasteiger partial charge in [0.25, 0.3) is 5.91 Å². The first kappa shape index (κ1) is 14.5. The summed E-state index contributed by atoms with van der Waals surface area (Å²) in [6.07, 6.45) is -0.624. The number of aliphatic hydroxyl groups excluding tert-OH is 1. The first-order valence-electron chi connectivity index (χ1n) is 6.00. The van der Waals surface area contributed by atoms with Crippen LogP contribution in [-0.4, -0.2) is 29.3 Å². The molecular weight excluding hydrogens is 230 g/mol. The maximum atomic E-state index is 11.7. The molecule has 0 aromatic heterocycles. The Morgan fingerprint density at radius 1 is 1.39 bits per heavy atom. The van der Waals surface area contributed by atoms with Gasteiger partial charge in [0, 0.05) is 0 Å². The Morgan fingerprint density at radius 2 is 1.94 bits per heavy atom. The lowest BCUT2D eigenvalue weighted by Crippen LogP contribution is -2.52. The molecular formula is C14H21NO3. The Morgan fingerprint density at radius 3 is 2.44 bits per heavy atom. The fourth-order valence-electron chi connectivity index (χ4n) is 1.28. The van der Waals surface area contributed by atoms with Crippen molar-refractivity contribution in [1.82, 2.24) is 5.32 Å². The van der Waals surface area contributed by atoms with Gasteiger partial charge in [-0.25, -0.2) is 0 Å². The fourth-order valence-corrected chi connectivity index (χ4v) is 1.28. The van der Waals surface area contributed by atoms with Crippen LogP contribution in [0.4, 0.5) is 0 Å². The van der Waals surface area contributed by atoms with Gasteiger partial charge in [-0.2, -0.15) is 0 Å². The van der Waals surface area contributed by atoms with Crippen LogP contribution in [0, 0.1) is 6.92 Å². The third kappa shape index (κ3) is 4.37. The van der Waals surface area contributed by atoms with Crippen molar-refractivity contribution in [2.75, 3.05) is 6.61 Å². The van der Waals surface area contributed by atoms with E-state index in [9.17, 15) is 9.90 Å². The number of aryl methyl sites for hydroxylation is 1. The number of hydrogen-bond donors (Lipinski definition) is 2. The van der Waals surface area contributed by atoms with E-state index in [1.165, 1.54) is 0 Å². The molecule has 0 saturated heterocycles. The number of hydrogen-bond acceptors (Lipinski definition) is 3. The van der Waals surface area contributed by atoms with Gasteiger partial charge >= 0.3 is 0 Å². The number of amides is 1. The Kier molecular flexibility index (Phi) is 4.73. The Labute approximate surface area is 108 Å². The number of rotatable bonds is 5. The average Bonchev–Trinajstić information content (AvgIpc) is 2.27. The molecule has 1 aromatic rings. The van der Waals surface area contributed by atoms with Gasteiger partial charge in [0.15, 0.2) is 6.61 Å². The van der Waals surface area contributed by atoms with Crippen molar-refractivity contribution in [1.29, 1.82) is 0 Å². The second-order valence-electron chi connectivity index (χ2n) is 5.05. The largest absolute Gasteiger partial charge is 0.484 e. The number of carbonyl (C=O) groups excluding carboxylic acids is 1. The van der Waals surface area contributed by atoms with Gasteiger partial charge in [-0.1, -0.05) is 17.7 Å². The SMILES string of the molecule is Cc1ccc(OCC(=O)NC(C)(C)C(C)O)cc1. The van der Waals surface area contributed by atoms with E-state index >= 15 is 0 Å². The molecule has 1 amide bonds. The third-order valence-corrected chi connectivity index (χ3v) is 2.90. The van der Waals surface area contributed by atoms with Crippen molar-refractivity contribution in [3.8, 4) is 5.75 Å². The molecule has 0 bridgehead atoms. The second kappa shape index (κ2) is 5.87. The Balaban J connectivity index is 2.44. The Hall–Kier alpha value is -1.55. The van der Waals surface area contributed by atoms with Crippen molar-refractivity contribution >= 4 is 5.91 Å². The molecule has 1 aromatic carbocycles. The highest BCUT2D eigenvalue weighted by atomic mass is 16.5. The molecule has 0 radical (unpaired) electrons. The van der Waals surface area contributed by atoms with E-state index in [0.717, 1.165) is 5.56 Å². The quantitative estimate of drug-likeness (QED) is 0.836. The molecule has 0 spiro atoms. The van der Waals surface area contributed by atoms with Crippen LogP contribution in [0.5, 0.6) is 5.75 Å². The van der Waals surface area contributed by atoms with Crippen molar-refractivity contribution in [3.63, 3.8) is 0 Å². The molecule has 4 heteroatoms. The smallest absolute Gasteiger partial charge is 0.258 e. The highest BCUT2D eigenvalue weighted by Crippen LogP contribution is 2.12. The topological polar surface area (TPSA) is 58.6 Å². The minimum atomic E-state index is -0.659. The third-order valence-electron chi connectivity index (χ3n) is 2.90. The van der Waals surface area contributed by atoms with E-state index in [0.29, 0.717) is 5.75 Å². The number of ether oxygens (including phenoxy) is 1. The summed E-state index contributed by atoms with van der Waals surface area (Å²) < 4.78 is 5.35. The van der Waals surface area contributed by atoms with Crippen LogP contribution in [0.25, 0.3) is 0 Å². The predicted octanol–water partition coefficient (Wildman–Crippen LogP) is 1.65. The Bertz CT molecular complexity index is 396. The van der Waals surface area contributed by atoms with Gasteiger partial charge in [-0.15, -0.1) is 0 Å². The summed E-state index contributed by atoms with van der Waals surface area (Å²) in [5.74, 6) is 0.409. The summed E-state index contributed by atoms with van der Waals surface area (Å²) in [4.78, 5) is 11.7. The van der Waals surface area contributed by atoms with E-state index in [2.05, 4.69) is 5.32 Å². The molecule has 0 heterocycles. The summed E-state index contributed by atoms with van der Waals surface area (Å²) in [6, 6.07) is 7.49. The summed E-state index contributed by atoms with van der Waals surface area (Å²) in [7, 11) is 0. The zero-order valence-corrected chi connectivity index (χ0v) is 11.4. The lowest BCUT2D eigenvalue weighted by Gasteiger charge is -2.29. The van der Waals surface area contributed by atoms with Crippen molar-refractivity contribution in [2.45, 2.75) is 39.3 Å². The molecule has 0 aliphatic heterocycles. The first-order chi connectivity index (χ1) is 8.31. The molecule has 0 aliphatic rings. The average molecular weight is 251 g/mol. The van der Waals surface area contributed by atoms with Crippen molar-refractivity contribution in [3.05, 3.63) is 29.8 Å². The summed E-state index contributed by atoms with van der Waals surface area (Å²) in [5.41, 5.74) is 0.482. The minimum Gasteiger partial charge on any atom is -0.484 e. The second-order valence-corrected chi connectivity index (χ2v) is 5.05. The van der Waals surface area contributed by atoms with E-state index in [4.69, 9.17) is 4.74 Å². The zero-order valence-electron chi connectivity index (χ0n) is 11.4. The molecule has 0 aliphatic carbocycles. The van der Waals surface area contributed by atoms with Gasteiger partial charge in [0.1, 0.15) is 5.75 Å². The van der Waals surface area contributed by atoms with E-state index < -0.39 is 11.6 Å². The van der Waals surface area contributed by atoms with Crippen LogP contribution >= 0.6 is 0 Å².